The number of likely N-dealkylation sites (tertiary alicyclic amines) is 1. The second-order valence-electron chi connectivity index (χ2n) is 5.87. The summed E-state index contributed by atoms with van der Waals surface area (Å²) in [5.41, 5.74) is 1.31. The molecule has 22 heavy (non-hydrogen) atoms. The molecule has 1 fully saturated rings. The van der Waals surface area contributed by atoms with Gasteiger partial charge >= 0.3 is 0 Å². The molecule has 0 spiro atoms. The van der Waals surface area contributed by atoms with Crippen LogP contribution in [-0.2, 0) is 6.42 Å². The van der Waals surface area contributed by atoms with Crippen LogP contribution in [-0.4, -0.2) is 52.6 Å². The lowest BCUT2D eigenvalue weighted by Crippen LogP contribution is -2.47. The van der Waals surface area contributed by atoms with Crippen LogP contribution >= 0.6 is 0 Å². The van der Waals surface area contributed by atoms with Crippen LogP contribution in [0.2, 0.25) is 0 Å². The van der Waals surface area contributed by atoms with Gasteiger partial charge in [0.2, 0.25) is 5.95 Å². The molecule has 3 rings (SSSR count). The van der Waals surface area contributed by atoms with E-state index in [1.165, 1.54) is 24.9 Å². The van der Waals surface area contributed by atoms with E-state index in [2.05, 4.69) is 37.9 Å². The monoisotopic (exact) mass is 297 g/mol. The highest BCUT2D eigenvalue weighted by atomic mass is 15.3. The third kappa shape index (κ3) is 3.80. The van der Waals surface area contributed by atoms with Gasteiger partial charge in [-0.1, -0.05) is 6.07 Å². The van der Waals surface area contributed by atoms with E-state index in [-0.39, 0.29) is 0 Å². The first-order valence-corrected chi connectivity index (χ1v) is 7.94. The quantitative estimate of drug-likeness (QED) is 0.845. The third-order valence-corrected chi connectivity index (χ3v) is 4.34. The second-order valence-corrected chi connectivity index (χ2v) is 5.87. The minimum absolute atomic E-state index is 0.491. The van der Waals surface area contributed by atoms with Crippen LogP contribution in [0.4, 0.5) is 5.95 Å². The molecule has 5 heteroatoms. The van der Waals surface area contributed by atoms with Gasteiger partial charge in [-0.25, -0.2) is 9.97 Å². The molecule has 0 radical (unpaired) electrons. The number of rotatable bonds is 5. The molecule has 2 aromatic heterocycles. The lowest BCUT2D eigenvalue weighted by molar-refractivity contribution is 0.208. The normalized spacial score (nSPS) is 19.0. The Bertz CT molecular complexity index is 560. The first kappa shape index (κ1) is 14.9. The Morgan fingerprint density at radius 3 is 2.86 bits per heavy atom. The maximum absolute atomic E-state index is 4.36. The zero-order valence-corrected chi connectivity index (χ0v) is 13.1. The Kier molecular flexibility index (Phi) is 4.96. The van der Waals surface area contributed by atoms with Crippen molar-refractivity contribution in [1.29, 1.82) is 0 Å². The summed E-state index contributed by atoms with van der Waals surface area (Å²) in [7, 11) is 2.10. The zero-order chi connectivity index (χ0) is 15.2. The highest BCUT2D eigenvalue weighted by Crippen LogP contribution is 2.18. The molecule has 0 aliphatic carbocycles. The van der Waals surface area contributed by atoms with Crippen molar-refractivity contribution in [2.75, 3.05) is 31.6 Å². The summed E-state index contributed by atoms with van der Waals surface area (Å²) in [6, 6.07) is 6.51. The summed E-state index contributed by atoms with van der Waals surface area (Å²) in [6.07, 6.45) is 10.9. The number of hydrogen-bond donors (Lipinski definition) is 0. The van der Waals surface area contributed by atoms with Gasteiger partial charge in [-0.2, -0.15) is 0 Å². The Balaban J connectivity index is 1.55. The Morgan fingerprint density at radius 2 is 2.09 bits per heavy atom. The van der Waals surface area contributed by atoms with Crippen LogP contribution in [0.3, 0.4) is 0 Å². The Labute approximate surface area is 132 Å². The molecular formula is C17H23N5. The summed E-state index contributed by atoms with van der Waals surface area (Å²) >= 11 is 0. The fourth-order valence-corrected chi connectivity index (χ4v) is 3.02. The van der Waals surface area contributed by atoms with Crippen molar-refractivity contribution < 1.29 is 0 Å². The third-order valence-electron chi connectivity index (χ3n) is 4.34. The number of anilines is 1. The smallest absolute Gasteiger partial charge is 0.225 e. The van der Waals surface area contributed by atoms with Gasteiger partial charge in [0.15, 0.2) is 0 Å². The number of hydrogen-bond acceptors (Lipinski definition) is 5. The Hall–Kier alpha value is -2.01. The molecule has 0 N–H and O–H groups in total. The topological polar surface area (TPSA) is 45.2 Å². The average Bonchev–Trinajstić information content (AvgIpc) is 2.61. The predicted octanol–water partition coefficient (Wildman–Crippen LogP) is 2.01. The van der Waals surface area contributed by atoms with Crippen LogP contribution in [0.5, 0.6) is 0 Å². The first-order valence-electron chi connectivity index (χ1n) is 7.94. The fourth-order valence-electron chi connectivity index (χ4n) is 3.02. The molecule has 1 atom stereocenters. The van der Waals surface area contributed by atoms with E-state index in [0.29, 0.717) is 6.04 Å². The molecule has 0 saturated carbocycles. The van der Waals surface area contributed by atoms with Gasteiger partial charge in [-0.15, -0.1) is 0 Å². The van der Waals surface area contributed by atoms with Crippen molar-refractivity contribution in [3.8, 4) is 0 Å². The average molecular weight is 297 g/mol. The van der Waals surface area contributed by atoms with Gasteiger partial charge in [0.25, 0.3) is 0 Å². The van der Waals surface area contributed by atoms with E-state index in [9.17, 15) is 0 Å². The molecule has 1 aliphatic rings. The van der Waals surface area contributed by atoms with E-state index >= 15 is 0 Å². The second kappa shape index (κ2) is 7.31. The number of nitrogens with zero attached hydrogens (tertiary/aromatic N) is 5. The summed E-state index contributed by atoms with van der Waals surface area (Å²) in [5, 5.41) is 0. The van der Waals surface area contributed by atoms with E-state index in [1.807, 2.05) is 36.9 Å². The maximum atomic E-state index is 4.36. The number of aromatic nitrogens is 3. The molecular weight excluding hydrogens is 274 g/mol. The van der Waals surface area contributed by atoms with Crippen molar-refractivity contribution in [2.45, 2.75) is 25.3 Å². The van der Waals surface area contributed by atoms with Crippen LogP contribution < -0.4 is 4.90 Å². The van der Waals surface area contributed by atoms with Crippen molar-refractivity contribution in [3.05, 3.63) is 48.5 Å². The molecule has 1 unspecified atom stereocenters. The van der Waals surface area contributed by atoms with Crippen molar-refractivity contribution in [2.24, 2.45) is 0 Å². The van der Waals surface area contributed by atoms with Crippen molar-refractivity contribution >= 4 is 5.95 Å². The highest BCUT2D eigenvalue weighted by Gasteiger charge is 2.24. The van der Waals surface area contributed by atoms with Gasteiger partial charge < -0.3 is 9.80 Å². The van der Waals surface area contributed by atoms with Gasteiger partial charge in [-0.05, 0) is 43.5 Å². The molecule has 0 aromatic carbocycles. The lowest BCUT2D eigenvalue weighted by Gasteiger charge is -2.37. The summed E-state index contributed by atoms with van der Waals surface area (Å²) in [5.74, 6) is 0.821. The van der Waals surface area contributed by atoms with Crippen LogP contribution in [0.25, 0.3) is 0 Å². The number of piperidine rings is 1. The molecule has 2 aromatic rings. The molecule has 3 heterocycles. The minimum atomic E-state index is 0.491. The summed E-state index contributed by atoms with van der Waals surface area (Å²) < 4.78 is 0. The van der Waals surface area contributed by atoms with Gasteiger partial charge in [0.05, 0.1) is 0 Å². The van der Waals surface area contributed by atoms with E-state index < -0.39 is 0 Å². The van der Waals surface area contributed by atoms with E-state index in [1.54, 1.807) is 0 Å². The lowest BCUT2D eigenvalue weighted by atomic mass is 10.0. The van der Waals surface area contributed by atoms with Gasteiger partial charge in [-0.3, -0.25) is 4.98 Å². The molecule has 0 bridgehead atoms. The van der Waals surface area contributed by atoms with Gasteiger partial charge in [0.1, 0.15) is 0 Å². The largest absolute Gasteiger partial charge is 0.340 e. The molecule has 116 valence electrons. The van der Waals surface area contributed by atoms with E-state index in [4.69, 9.17) is 0 Å². The van der Waals surface area contributed by atoms with Crippen LogP contribution in [0.1, 0.15) is 18.4 Å². The van der Waals surface area contributed by atoms with Crippen LogP contribution in [0.15, 0.2) is 43.0 Å². The molecule has 1 saturated heterocycles. The minimum Gasteiger partial charge on any atom is -0.340 e. The SMILES string of the molecule is CN(c1ncccn1)C1CCCN(CCc2cccnc2)C1. The maximum Gasteiger partial charge on any atom is 0.225 e. The van der Waals surface area contributed by atoms with Gasteiger partial charge in [0, 0.05) is 51.0 Å². The Morgan fingerprint density at radius 1 is 1.23 bits per heavy atom. The standard InChI is InChI=1S/C17H23N5/c1-21(17-19-9-4-10-20-17)16-6-3-11-22(14-16)12-7-15-5-2-8-18-13-15/h2,4-5,8-10,13,16H,3,6-7,11-12,14H2,1H3. The van der Waals surface area contributed by atoms with Crippen LogP contribution in [0, 0.1) is 0 Å². The van der Waals surface area contributed by atoms with E-state index in [0.717, 1.165) is 25.5 Å². The first-order chi connectivity index (χ1) is 10.8. The van der Waals surface area contributed by atoms with Crippen molar-refractivity contribution in [1.82, 2.24) is 19.9 Å². The number of pyridine rings is 1. The predicted molar refractivity (Wildman–Crippen MR) is 87.8 cm³/mol. The molecule has 0 amide bonds. The summed E-state index contributed by atoms with van der Waals surface area (Å²) in [4.78, 5) is 17.7. The fraction of sp³-hybridized carbons (Fsp3) is 0.471. The number of likely N-dealkylation sites (N-methyl/N-ethyl adjacent to an activating group) is 1. The van der Waals surface area contributed by atoms with Crippen molar-refractivity contribution in [3.63, 3.8) is 0 Å². The molecule has 1 aliphatic heterocycles. The zero-order valence-electron chi connectivity index (χ0n) is 13.1. The summed E-state index contributed by atoms with van der Waals surface area (Å²) in [6.45, 7) is 3.35. The molecule has 5 nitrogen and oxygen atoms in total. The highest BCUT2D eigenvalue weighted by molar-refractivity contribution is 5.29.